The standard InChI is InChI=1S/C17H20N2O3S2/c1-12(13-5-3-2-4-6-13)11-18-17(20)16-15(9-10-23-16)24(21,22)19-14-7-8-14/h2-6,9-10,12,14,19H,7-8,11H2,1H3,(H,18,20)/t12-/m0/s1. The maximum atomic E-state index is 12.4. The summed E-state index contributed by atoms with van der Waals surface area (Å²) in [5.74, 6) is -0.191. The quantitative estimate of drug-likeness (QED) is 0.793. The molecule has 1 amide bonds. The molecule has 0 spiro atoms. The number of amides is 1. The number of sulfonamides is 1. The van der Waals surface area contributed by atoms with Gasteiger partial charge in [-0.15, -0.1) is 11.3 Å². The third-order valence-electron chi connectivity index (χ3n) is 3.96. The van der Waals surface area contributed by atoms with Crippen LogP contribution < -0.4 is 10.0 Å². The molecule has 2 N–H and O–H groups in total. The van der Waals surface area contributed by atoms with Crippen LogP contribution in [-0.2, 0) is 10.0 Å². The molecule has 1 aliphatic rings. The Balaban J connectivity index is 1.67. The van der Waals surface area contributed by atoms with Gasteiger partial charge >= 0.3 is 0 Å². The zero-order chi connectivity index (χ0) is 17.2. The molecular formula is C17H20N2O3S2. The summed E-state index contributed by atoms with van der Waals surface area (Å²) in [5, 5.41) is 4.48. The first-order valence-electron chi connectivity index (χ1n) is 7.90. The highest BCUT2D eigenvalue weighted by Gasteiger charge is 2.31. The van der Waals surface area contributed by atoms with E-state index in [1.165, 1.54) is 6.07 Å². The van der Waals surface area contributed by atoms with Gasteiger partial charge < -0.3 is 5.32 Å². The molecule has 0 aliphatic heterocycles. The molecule has 0 bridgehead atoms. The number of rotatable bonds is 7. The lowest BCUT2D eigenvalue weighted by Crippen LogP contribution is -2.30. The van der Waals surface area contributed by atoms with Crippen LogP contribution in [0.1, 0.15) is 40.9 Å². The van der Waals surface area contributed by atoms with Gasteiger partial charge in [0.1, 0.15) is 9.77 Å². The third kappa shape index (κ3) is 4.03. The van der Waals surface area contributed by atoms with Crippen molar-refractivity contribution in [3.8, 4) is 0 Å². The fourth-order valence-electron chi connectivity index (χ4n) is 2.38. The Hall–Kier alpha value is -1.70. The summed E-state index contributed by atoms with van der Waals surface area (Å²) in [4.78, 5) is 12.7. The van der Waals surface area contributed by atoms with Gasteiger partial charge in [0.25, 0.3) is 5.91 Å². The molecule has 0 unspecified atom stereocenters. The fourth-order valence-corrected chi connectivity index (χ4v) is 5.03. The maximum absolute atomic E-state index is 12.4. The summed E-state index contributed by atoms with van der Waals surface area (Å²) in [6.07, 6.45) is 1.72. The van der Waals surface area contributed by atoms with Crippen LogP contribution in [0.15, 0.2) is 46.7 Å². The molecular weight excluding hydrogens is 344 g/mol. The molecule has 2 aromatic rings. The molecule has 1 saturated carbocycles. The van der Waals surface area contributed by atoms with Gasteiger partial charge in [-0.05, 0) is 35.8 Å². The van der Waals surface area contributed by atoms with E-state index in [1.54, 1.807) is 5.38 Å². The Kier molecular flexibility index (Phi) is 5.03. The lowest BCUT2D eigenvalue weighted by atomic mass is 10.0. The van der Waals surface area contributed by atoms with Gasteiger partial charge in [0, 0.05) is 12.6 Å². The van der Waals surface area contributed by atoms with E-state index in [4.69, 9.17) is 0 Å². The Bertz CT molecular complexity index is 811. The van der Waals surface area contributed by atoms with Gasteiger partial charge in [-0.1, -0.05) is 37.3 Å². The molecule has 7 heteroatoms. The number of carbonyl (C=O) groups is 1. The number of benzene rings is 1. The van der Waals surface area contributed by atoms with Crippen molar-refractivity contribution in [2.45, 2.75) is 36.6 Å². The van der Waals surface area contributed by atoms with E-state index in [0.29, 0.717) is 6.54 Å². The summed E-state index contributed by atoms with van der Waals surface area (Å²) in [7, 11) is -3.62. The molecule has 1 fully saturated rings. The second-order valence-electron chi connectivity index (χ2n) is 6.03. The van der Waals surface area contributed by atoms with Crippen LogP contribution in [0.5, 0.6) is 0 Å². The van der Waals surface area contributed by atoms with Crippen LogP contribution in [0.25, 0.3) is 0 Å². The lowest BCUT2D eigenvalue weighted by molar-refractivity contribution is 0.0952. The number of carbonyl (C=O) groups excluding carboxylic acids is 1. The average molecular weight is 364 g/mol. The minimum absolute atomic E-state index is 0.0175. The SMILES string of the molecule is C[C@@H](CNC(=O)c1sccc1S(=O)(=O)NC1CC1)c1ccccc1. The van der Waals surface area contributed by atoms with Gasteiger partial charge in [0.05, 0.1) is 0 Å². The number of thiophene rings is 1. The summed E-state index contributed by atoms with van der Waals surface area (Å²) >= 11 is 1.15. The average Bonchev–Trinajstić information content (AvgIpc) is 3.22. The van der Waals surface area contributed by atoms with E-state index >= 15 is 0 Å². The first kappa shape index (κ1) is 17.1. The molecule has 1 aromatic carbocycles. The second-order valence-corrected chi connectivity index (χ2v) is 8.63. The van der Waals surface area contributed by atoms with Crippen LogP contribution in [0.4, 0.5) is 0 Å². The molecule has 1 atom stereocenters. The Labute approximate surface area is 146 Å². The summed E-state index contributed by atoms with van der Waals surface area (Å²) < 4.78 is 27.3. The highest BCUT2D eigenvalue weighted by atomic mass is 32.2. The van der Waals surface area contributed by atoms with Gasteiger partial charge in [-0.2, -0.15) is 0 Å². The second kappa shape index (κ2) is 7.04. The summed E-state index contributed by atoms with van der Waals surface area (Å²) in [6.45, 7) is 2.48. The van der Waals surface area contributed by atoms with Crippen LogP contribution >= 0.6 is 11.3 Å². The van der Waals surface area contributed by atoms with E-state index < -0.39 is 10.0 Å². The van der Waals surface area contributed by atoms with Crippen molar-refractivity contribution in [2.24, 2.45) is 0 Å². The van der Waals surface area contributed by atoms with Crippen LogP contribution in [0.3, 0.4) is 0 Å². The van der Waals surface area contributed by atoms with Crippen molar-refractivity contribution in [2.75, 3.05) is 6.54 Å². The van der Waals surface area contributed by atoms with Crippen LogP contribution in [-0.4, -0.2) is 26.9 Å². The van der Waals surface area contributed by atoms with Crippen molar-refractivity contribution in [3.05, 3.63) is 52.2 Å². The first-order chi connectivity index (χ1) is 11.5. The predicted octanol–water partition coefficient (Wildman–Crippen LogP) is 2.72. The Morgan fingerprint density at radius 3 is 2.62 bits per heavy atom. The summed E-state index contributed by atoms with van der Waals surface area (Å²) in [5.41, 5.74) is 1.13. The number of nitrogens with one attached hydrogen (secondary N) is 2. The highest BCUT2D eigenvalue weighted by Crippen LogP contribution is 2.26. The number of hydrogen-bond donors (Lipinski definition) is 2. The van der Waals surface area contributed by atoms with Gasteiger partial charge in [-0.25, -0.2) is 13.1 Å². The molecule has 1 aromatic heterocycles. The number of hydrogen-bond acceptors (Lipinski definition) is 4. The Morgan fingerprint density at radius 2 is 1.96 bits per heavy atom. The molecule has 24 heavy (non-hydrogen) atoms. The molecule has 0 radical (unpaired) electrons. The molecule has 0 saturated heterocycles. The van der Waals surface area contributed by atoms with Gasteiger partial charge in [0.15, 0.2) is 0 Å². The van der Waals surface area contributed by atoms with Crippen LogP contribution in [0.2, 0.25) is 0 Å². The minimum atomic E-state index is -3.62. The van der Waals surface area contributed by atoms with Crippen LogP contribution in [0, 0.1) is 0 Å². The van der Waals surface area contributed by atoms with Gasteiger partial charge in [0.2, 0.25) is 10.0 Å². The van der Waals surface area contributed by atoms with Crippen molar-refractivity contribution >= 4 is 27.3 Å². The van der Waals surface area contributed by atoms with E-state index in [9.17, 15) is 13.2 Å². The Morgan fingerprint density at radius 1 is 1.25 bits per heavy atom. The maximum Gasteiger partial charge on any atom is 0.262 e. The fraction of sp³-hybridized carbons (Fsp3) is 0.353. The van der Waals surface area contributed by atoms with Crippen molar-refractivity contribution in [1.82, 2.24) is 10.0 Å². The van der Waals surface area contributed by atoms with E-state index in [2.05, 4.69) is 10.0 Å². The zero-order valence-electron chi connectivity index (χ0n) is 13.4. The van der Waals surface area contributed by atoms with E-state index in [1.807, 2.05) is 37.3 Å². The van der Waals surface area contributed by atoms with Crippen molar-refractivity contribution in [3.63, 3.8) is 0 Å². The third-order valence-corrected chi connectivity index (χ3v) is 6.57. The lowest BCUT2D eigenvalue weighted by Gasteiger charge is -2.13. The molecule has 128 valence electrons. The van der Waals surface area contributed by atoms with Crippen molar-refractivity contribution in [1.29, 1.82) is 0 Å². The largest absolute Gasteiger partial charge is 0.351 e. The monoisotopic (exact) mass is 364 g/mol. The van der Waals surface area contributed by atoms with E-state index in [0.717, 1.165) is 29.7 Å². The topological polar surface area (TPSA) is 75.3 Å². The minimum Gasteiger partial charge on any atom is -0.351 e. The summed E-state index contributed by atoms with van der Waals surface area (Å²) in [6, 6.07) is 11.4. The molecule has 1 heterocycles. The highest BCUT2D eigenvalue weighted by molar-refractivity contribution is 7.89. The van der Waals surface area contributed by atoms with E-state index in [-0.39, 0.29) is 27.6 Å². The molecule has 5 nitrogen and oxygen atoms in total. The van der Waals surface area contributed by atoms with Gasteiger partial charge in [-0.3, -0.25) is 4.79 Å². The van der Waals surface area contributed by atoms with Crippen molar-refractivity contribution < 1.29 is 13.2 Å². The predicted molar refractivity (Wildman–Crippen MR) is 94.9 cm³/mol. The molecule has 3 rings (SSSR count). The first-order valence-corrected chi connectivity index (χ1v) is 10.3. The molecule has 1 aliphatic carbocycles. The smallest absolute Gasteiger partial charge is 0.262 e. The zero-order valence-corrected chi connectivity index (χ0v) is 15.0. The normalized spacial score (nSPS) is 15.9.